The molecule has 0 bridgehead atoms. The van der Waals surface area contributed by atoms with Crippen molar-refractivity contribution in [3.05, 3.63) is 65.7 Å². The quantitative estimate of drug-likeness (QED) is 0.411. The summed E-state index contributed by atoms with van der Waals surface area (Å²) in [4.78, 5) is 12.6. The minimum Gasteiger partial charge on any atom is -0.305 e. The molecule has 0 spiro atoms. The predicted molar refractivity (Wildman–Crippen MR) is 114 cm³/mol. The standard InChI is InChI=1S/C23H25N3OS/c1-26-22(20-10-6-3-7-11-20)24-25-23(26)28-16-21(27)19-14-12-18(13-15-19)17-8-4-2-5-9-17/h3,6-7,10-15,17H,2,4-5,8-9,16H2,1H3. The molecule has 0 amide bonds. The van der Waals surface area contributed by atoms with Crippen molar-refractivity contribution in [3.8, 4) is 11.4 Å². The third-order valence-corrected chi connectivity index (χ3v) is 6.53. The fourth-order valence-electron chi connectivity index (χ4n) is 3.87. The number of benzene rings is 2. The maximum atomic E-state index is 12.6. The van der Waals surface area contributed by atoms with Crippen molar-refractivity contribution >= 4 is 17.5 Å². The molecule has 0 aliphatic heterocycles. The van der Waals surface area contributed by atoms with Crippen molar-refractivity contribution < 1.29 is 4.79 Å². The summed E-state index contributed by atoms with van der Waals surface area (Å²) in [7, 11) is 1.94. The molecular weight excluding hydrogens is 366 g/mol. The van der Waals surface area contributed by atoms with E-state index >= 15 is 0 Å². The molecule has 1 aliphatic rings. The zero-order valence-corrected chi connectivity index (χ0v) is 17.0. The normalized spacial score (nSPS) is 14.9. The van der Waals surface area contributed by atoms with E-state index in [1.807, 2.05) is 54.1 Å². The summed E-state index contributed by atoms with van der Waals surface area (Å²) in [5.74, 6) is 1.97. The number of rotatable bonds is 6. The highest BCUT2D eigenvalue weighted by Crippen LogP contribution is 2.32. The van der Waals surface area contributed by atoms with Crippen LogP contribution < -0.4 is 0 Å². The molecule has 5 heteroatoms. The van der Waals surface area contributed by atoms with Gasteiger partial charge >= 0.3 is 0 Å². The van der Waals surface area contributed by atoms with E-state index in [1.54, 1.807) is 0 Å². The maximum Gasteiger partial charge on any atom is 0.191 e. The lowest BCUT2D eigenvalue weighted by atomic mass is 9.84. The van der Waals surface area contributed by atoms with Crippen LogP contribution in [0.25, 0.3) is 11.4 Å². The van der Waals surface area contributed by atoms with Gasteiger partial charge in [-0.25, -0.2) is 0 Å². The maximum absolute atomic E-state index is 12.6. The molecule has 28 heavy (non-hydrogen) atoms. The van der Waals surface area contributed by atoms with Gasteiger partial charge < -0.3 is 4.57 Å². The van der Waals surface area contributed by atoms with Crippen LogP contribution in [0.5, 0.6) is 0 Å². The van der Waals surface area contributed by atoms with Gasteiger partial charge in [-0.2, -0.15) is 0 Å². The second kappa shape index (κ2) is 8.74. The van der Waals surface area contributed by atoms with Gasteiger partial charge in [0.1, 0.15) is 0 Å². The minimum atomic E-state index is 0.129. The average Bonchev–Trinajstić information content (AvgIpc) is 3.13. The first-order valence-electron chi connectivity index (χ1n) is 9.93. The van der Waals surface area contributed by atoms with Gasteiger partial charge in [0.25, 0.3) is 0 Å². The molecule has 3 aromatic rings. The van der Waals surface area contributed by atoms with Crippen LogP contribution in [0, 0.1) is 0 Å². The Labute approximate surface area is 170 Å². The zero-order chi connectivity index (χ0) is 19.3. The summed E-state index contributed by atoms with van der Waals surface area (Å²) >= 11 is 1.44. The number of carbonyl (C=O) groups excluding carboxylic acids is 1. The highest BCUT2D eigenvalue weighted by Gasteiger charge is 2.17. The topological polar surface area (TPSA) is 47.8 Å². The third-order valence-electron chi connectivity index (χ3n) is 5.51. The van der Waals surface area contributed by atoms with E-state index in [2.05, 4.69) is 22.3 Å². The van der Waals surface area contributed by atoms with E-state index in [-0.39, 0.29) is 5.78 Å². The Morgan fingerprint density at radius 1 is 1.00 bits per heavy atom. The molecule has 4 rings (SSSR count). The number of aromatic nitrogens is 3. The summed E-state index contributed by atoms with van der Waals surface area (Å²) < 4.78 is 1.94. The number of carbonyl (C=O) groups is 1. The molecule has 2 aromatic carbocycles. The summed E-state index contributed by atoms with van der Waals surface area (Å²) in [6.45, 7) is 0. The summed E-state index contributed by atoms with van der Waals surface area (Å²) in [6.07, 6.45) is 6.56. The van der Waals surface area contributed by atoms with Gasteiger partial charge in [0, 0.05) is 18.2 Å². The predicted octanol–water partition coefficient (Wildman–Crippen LogP) is 5.50. The van der Waals surface area contributed by atoms with E-state index in [1.165, 1.54) is 49.4 Å². The molecule has 4 nitrogen and oxygen atoms in total. The average molecular weight is 392 g/mol. The number of ketones is 1. The van der Waals surface area contributed by atoms with Crippen molar-refractivity contribution in [1.82, 2.24) is 14.8 Å². The second-order valence-electron chi connectivity index (χ2n) is 7.40. The third kappa shape index (κ3) is 4.20. The highest BCUT2D eigenvalue weighted by atomic mass is 32.2. The Kier molecular flexibility index (Phi) is 5.91. The lowest BCUT2D eigenvalue weighted by molar-refractivity contribution is 0.102. The minimum absolute atomic E-state index is 0.129. The van der Waals surface area contributed by atoms with Gasteiger partial charge in [-0.15, -0.1) is 10.2 Å². The summed E-state index contributed by atoms with van der Waals surface area (Å²) in [5.41, 5.74) is 3.18. The van der Waals surface area contributed by atoms with E-state index in [9.17, 15) is 4.79 Å². The van der Waals surface area contributed by atoms with Crippen LogP contribution in [0.15, 0.2) is 59.8 Å². The molecule has 1 saturated carbocycles. The number of thioether (sulfide) groups is 1. The lowest BCUT2D eigenvalue weighted by Gasteiger charge is -2.22. The molecule has 1 fully saturated rings. The Bertz CT molecular complexity index is 928. The van der Waals surface area contributed by atoms with Gasteiger partial charge in [0.2, 0.25) is 0 Å². The van der Waals surface area contributed by atoms with Gasteiger partial charge in [-0.05, 0) is 24.3 Å². The van der Waals surface area contributed by atoms with Crippen LogP contribution in [0.2, 0.25) is 0 Å². The number of hydrogen-bond acceptors (Lipinski definition) is 4. The van der Waals surface area contributed by atoms with E-state index in [0.717, 1.165) is 22.1 Å². The first kappa shape index (κ1) is 18.9. The Hall–Kier alpha value is -2.40. The zero-order valence-electron chi connectivity index (χ0n) is 16.2. The SMILES string of the molecule is Cn1c(SCC(=O)c2ccc(C3CCCCC3)cc2)nnc1-c1ccccc1. The largest absolute Gasteiger partial charge is 0.305 e. The number of hydrogen-bond donors (Lipinski definition) is 0. The molecule has 0 atom stereocenters. The van der Waals surface area contributed by atoms with E-state index in [4.69, 9.17) is 0 Å². The molecule has 144 valence electrons. The van der Waals surface area contributed by atoms with Gasteiger partial charge in [-0.3, -0.25) is 4.79 Å². The fourth-order valence-corrected chi connectivity index (χ4v) is 4.68. The molecular formula is C23H25N3OS. The van der Waals surface area contributed by atoms with Gasteiger partial charge in [0.05, 0.1) is 5.75 Å². The van der Waals surface area contributed by atoms with Crippen LogP contribution in [0.3, 0.4) is 0 Å². The Morgan fingerprint density at radius 3 is 2.43 bits per heavy atom. The number of Topliss-reactive ketones (excluding diaryl/α,β-unsaturated/α-hetero) is 1. The van der Waals surface area contributed by atoms with Crippen LogP contribution >= 0.6 is 11.8 Å². The molecule has 0 saturated heterocycles. The molecule has 1 aromatic heterocycles. The molecule has 1 heterocycles. The smallest absolute Gasteiger partial charge is 0.191 e. The molecule has 0 radical (unpaired) electrons. The first-order valence-corrected chi connectivity index (χ1v) is 10.9. The first-order chi connectivity index (χ1) is 13.7. The summed E-state index contributed by atoms with van der Waals surface area (Å²) in [6, 6.07) is 18.2. The number of nitrogens with zero attached hydrogens (tertiary/aromatic N) is 3. The van der Waals surface area contributed by atoms with Crippen LogP contribution in [0.4, 0.5) is 0 Å². The molecule has 0 N–H and O–H groups in total. The van der Waals surface area contributed by atoms with Gasteiger partial charge in [-0.1, -0.05) is 85.6 Å². The van der Waals surface area contributed by atoms with Crippen LogP contribution in [-0.4, -0.2) is 26.3 Å². The lowest BCUT2D eigenvalue weighted by Crippen LogP contribution is -2.07. The van der Waals surface area contributed by atoms with Crippen LogP contribution in [-0.2, 0) is 7.05 Å². The van der Waals surface area contributed by atoms with Crippen molar-refractivity contribution in [2.24, 2.45) is 7.05 Å². The molecule has 1 aliphatic carbocycles. The fraction of sp³-hybridized carbons (Fsp3) is 0.348. The van der Waals surface area contributed by atoms with Gasteiger partial charge in [0.15, 0.2) is 16.8 Å². The van der Waals surface area contributed by atoms with Crippen molar-refractivity contribution in [2.45, 2.75) is 43.2 Å². The van der Waals surface area contributed by atoms with Crippen molar-refractivity contribution in [2.75, 3.05) is 5.75 Å². The van der Waals surface area contributed by atoms with E-state index in [0.29, 0.717) is 11.7 Å². The van der Waals surface area contributed by atoms with Crippen LogP contribution in [0.1, 0.15) is 53.9 Å². The van der Waals surface area contributed by atoms with Crippen molar-refractivity contribution in [3.63, 3.8) is 0 Å². The van der Waals surface area contributed by atoms with Crippen molar-refractivity contribution in [1.29, 1.82) is 0 Å². The summed E-state index contributed by atoms with van der Waals surface area (Å²) in [5, 5.41) is 9.29. The Balaban J connectivity index is 1.39. The Morgan fingerprint density at radius 2 is 1.71 bits per heavy atom. The van der Waals surface area contributed by atoms with E-state index < -0.39 is 0 Å². The molecule has 0 unspecified atom stereocenters. The highest BCUT2D eigenvalue weighted by molar-refractivity contribution is 7.99. The monoisotopic (exact) mass is 391 g/mol. The second-order valence-corrected chi connectivity index (χ2v) is 8.34.